The number of pyridine rings is 1. The van der Waals surface area contributed by atoms with Crippen LogP contribution in [0.2, 0.25) is 0 Å². The van der Waals surface area contributed by atoms with Crippen molar-refractivity contribution in [3.63, 3.8) is 0 Å². The Morgan fingerprint density at radius 3 is 2.63 bits per heavy atom. The van der Waals surface area contributed by atoms with Gasteiger partial charge in [-0.1, -0.05) is 35.0 Å². The molecule has 0 amide bonds. The molecule has 0 aliphatic rings. The summed E-state index contributed by atoms with van der Waals surface area (Å²) in [6, 6.07) is 10.4. The molecule has 100 valence electrons. The number of hydrogen-bond donors (Lipinski definition) is 2. The Labute approximate surface area is 122 Å². The van der Waals surface area contributed by atoms with E-state index in [-0.39, 0.29) is 6.04 Å². The number of halogens is 1. The summed E-state index contributed by atoms with van der Waals surface area (Å²) in [5.74, 6) is 0. The van der Waals surface area contributed by atoms with Gasteiger partial charge in [0, 0.05) is 34.2 Å². The minimum absolute atomic E-state index is 0.194. The maximum Gasteiger partial charge on any atom is 0.0396 e. The van der Waals surface area contributed by atoms with Crippen LogP contribution in [0.4, 0.5) is 5.69 Å². The van der Waals surface area contributed by atoms with Crippen LogP contribution in [-0.4, -0.2) is 11.5 Å². The summed E-state index contributed by atoms with van der Waals surface area (Å²) in [6.45, 7) is 3.00. The van der Waals surface area contributed by atoms with Crippen molar-refractivity contribution in [1.82, 2.24) is 10.3 Å². The molecule has 0 radical (unpaired) electrons. The lowest BCUT2D eigenvalue weighted by Gasteiger charge is -2.19. The molecule has 1 aromatic carbocycles. The number of benzene rings is 1. The third-order valence-electron chi connectivity index (χ3n) is 3.07. The number of nitrogens with zero attached hydrogens (tertiary/aromatic N) is 1. The Hall–Kier alpha value is -1.39. The SMILES string of the molecule is CCNC(Cc1ccc(Br)cc1)c1cnccc1N. The zero-order valence-electron chi connectivity index (χ0n) is 10.9. The predicted molar refractivity (Wildman–Crippen MR) is 82.9 cm³/mol. The van der Waals surface area contributed by atoms with Gasteiger partial charge < -0.3 is 11.1 Å². The van der Waals surface area contributed by atoms with Crippen LogP contribution in [0.15, 0.2) is 47.2 Å². The first-order valence-corrected chi connectivity index (χ1v) is 7.17. The second-order valence-corrected chi connectivity index (χ2v) is 5.36. The molecule has 19 heavy (non-hydrogen) atoms. The first-order valence-electron chi connectivity index (χ1n) is 6.38. The summed E-state index contributed by atoms with van der Waals surface area (Å²) in [4.78, 5) is 4.18. The zero-order valence-corrected chi connectivity index (χ0v) is 12.5. The number of nitrogen functional groups attached to an aromatic ring is 1. The van der Waals surface area contributed by atoms with Gasteiger partial charge in [-0.3, -0.25) is 4.98 Å². The summed E-state index contributed by atoms with van der Waals surface area (Å²) >= 11 is 3.45. The standard InChI is InChI=1S/C15H18BrN3/c1-2-19-15(13-10-18-8-7-14(13)17)9-11-3-5-12(16)6-4-11/h3-8,10,15,19H,2,9H2,1H3,(H2,17,18). The van der Waals surface area contributed by atoms with E-state index in [1.807, 2.05) is 12.3 Å². The molecule has 0 aliphatic carbocycles. The molecule has 0 saturated heterocycles. The molecule has 0 aliphatic heterocycles. The van der Waals surface area contributed by atoms with Gasteiger partial charge in [-0.15, -0.1) is 0 Å². The topological polar surface area (TPSA) is 50.9 Å². The van der Waals surface area contributed by atoms with Crippen molar-refractivity contribution in [2.75, 3.05) is 12.3 Å². The number of anilines is 1. The van der Waals surface area contributed by atoms with Crippen LogP contribution in [0.3, 0.4) is 0 Å². The Morgan fingerprint density at radius 1 is 1.26 bits per heavy atom. The van der Waals surface area contributed by atoms with Crippen LogP contribution < -0.4 is 11.1 Å². The second-order valence-electron chi connectivity index (χ2n) is 4.45. The van der Waals surface area contributed by atoms with Gasteiger partial charge in [-0.2, -0.15) is 0 Å². The first kappa shape index (κ1) is 14.0. The largest absolute Gasteiger partial charge is 0.398 e. The molecule has 4 heteroatoms. The average Bonchev–Trinajstić information content (AvgIpc) is 2.41. The molecule has 1 aromatic heterocycles. The summed E-state index contributed by atoms with van der Waals surface area (Å²) in [7, 11) is 0. The maximum absolute atomic E-state index is 6.04. The van der Waals surface area contributed by atoms with E-state index in [0.29, 0.717) is 0 Å². The van der Waals surface area contributed by atoms with Crippen molar-refractivity contribution < 1.29 is 0 Å². The van der Waals surface area contributed by atoms with Crippen molar-refractivity contribution in [3.05, 3.63) is 58.3 Å². The van der Waals surface area contributed by atoms with Crippen LogP contribution in [0.1, 0.15) is 24.1 Å². The fourth-order valence-electron chi connectivity index (χ4n) is 2.10. The summed E-state index contributed by atoms with van der Waals surface area (Å²) in [5.41, 5.74) is 9.17. The van der Waals surface area contributed by atoms with E-state index < -0.39 is 0 Å². The first-order chi connectivity index (χ1) is 9.20. The highest BCUT2D eigenvalue weighted by Gasteiger charge is 2.14. The van der Waals surface area contributed by atoms with Gasteiger partial charge in [-0.25, -0.2) is 0 Å². The van der Waals surface area contributed by atoms with Crippen LogP contribution >= 0.6 is 15.9 Å². The zero-order chi connectivity index (χ0) is 13.7. The lowest BCUT2D eigenvalue weighted by molar-refractivity contribution is 0.550. The number of nitrogens with one attached hydrogen (secondary N) is 1. The number of likely N-dealkylation sites (N-methyl/N-ethyl adjacent to an activating group) is 1. The predicted octanol–water partition coefficient (Wildman–Crippen LogP) is 3.32. The number of nitrogens with two attached hydrogens (primary N) is 1. The van der Waals surface area contributed by atoms with Gasteiger partial charge in [-0.05, 0) is 36.7 Å². The minimum atomic E-state index is 0.194. The van der Waals surface area contributed by atoms with Gasteiger partial charge in [0.05, 0.1) is 0 Å². The van der Waals surface area contributed by atoms with Crippen molar-refractivity contribution in [2.24, 2.45) is 0 Å². The molecule has 3 N–H and O–H groups in total. The van der Waals surface area contributed by atoms with Gasteiger partial charge in [0.25, 0.3) is 0 Å². The van der Waals surface area contributed by atoms with Gasteiger partial charge in [0.15, 0.2) is 0 Å². The molecular weight excluding hydrogens is 302 g/mol. The lowest BCUT2D eigenvalue weighted by atomic mass is 9.99. The summed E-state index contributed by atoms with van der Waals surface area (Å²) in [5, 5.41) is 3.47. The molecule has 0 fully saturated rings. The Bertz CT molecular complexity index is 525. The van der Waals surface area contributed by atoms with Gasteiger partial charge in [0.1, 0.15) is 0 Å². The minimum Gasteiger partial charge on any atom is -0.398 e. The molecule has 0 spiro atoms. The van der Waals surface area contributed by atoms with Crippen molar-refractivity contribution in [1.29, 1.82) is 0 Å². The Balaban J connectivity index is 2.21. The van der Waals surface area contributed by atoms with Crippen LogP contribution in [0.25, 0.3) is 0 Å². The fourth-order valence-corrected chi connectivity index (χ4v) is 2.37. The lowest BCUT2D eigenvalue weighted by Crippen LogP contribution is -2.24. The Morgan fingerprint density at radius 2 is 2.00 bits per heavy atom. The van der Waals surface area contributed by atoms with Crippen LogP contribution in [-0.2, 0) is 6.42 Å². The number of aromatic nitrogens is 1. The van der Waals surface area contributed by atoms with E-state index in [2.05, 4.69) is 57.4 Å². The van der Waals surface area contributed by atoms with E-state index in [4.69, 9.17) is 5.73 Å². The van der Waals surface area contributed by atoms with E-state index >= 15 is 0 Å². The van der Waals surface area contributed by atoms with Gasteiger partial charge >= 0.3 is 0 Å². The van der Waals surface area contributed by atoms with E-state index in [9.17, 15) is 0 Å². The van der Waals surface area contributed by atoms with Crippen molar-refractivity contribution in [3.8, 4) is 0 Å². The molecule has 0 bridgehead atoms. The van der Waals surface area contributed by atoms with Crippen molar-refractivity contribution >= 4 is 21.6 Å². The van der Waals surface area contributed by atoms with Gasteiger partial charge in [0.2, 0.25) is 0 Å². The van der Waals surface area contributed by atoms with Crippen molar-refractivity contribution in [2.45, 2.75) is 19.4 Å². The molecule has 2 rings (SSSR count). The quantitative estimate of drug-likeness (QED) is 0.888. The second kappa shape index (κ2) is 6.68. The Kier molecular flexibility index (Phi) is 4.93. The van der Waals surface area contributed by atoms with E-state index in [1.165, 1.54) is 5.56 Å². The summed E-state index contributed by atoms with van der Waals surface area (Å²) < 4.78 is 1.09. The summed E-state index contributed by atoms with van der Waals surface area (Å²) in [6.07, 6.45) is 4.47. The number of hydrogen-bond acceptors (Lipinski definition) is 3. The van der Waals surface area contributed by atoms with Crippen LogP contribution in [0, 0.1) is 0 Å². The third-order valence-corrected chi connectivity index (χ3v) is 3.59. The monoisotopic (exact) mass is 319 g/mol. The number of rotatable bonds is 5. The van der Waals surface area contributed by atoms with E-state index in [0.717, 1.165) is 28.7 Å². The molecule has 1 unspecified atom stereocenters. The smallest absolute Gasteiger partial charge is 0.0396 e. The molecular formula is C15H18BrN3. The molecule has 2 aromatic rings. The average molecular weight is 320 g/mol. The highest BCUT2D eigenvalue weighted by Crippen LogP contribution is 2.23. The normalized spacial score (nSPS) is 12.3. The molecule has 1 atom stereocenters. The third kappa shape index (κ3) is 3.78. The maximum atomic E-state index is 6.04. The molecule has 3 nitrogen and oxygen atoms in total. The molecule has 1 heterocycles. The van der Waals surface area contributed by atoms with E-state index in [1.54, 1.807) is 6.20 Å². The van der Waals surface area contributed by atoms with Crippen LogP contribution in [0.5, 0.6) is 0 Å². The highest BCUT2D eigenvalue weighted by atomic mass is 79.9. The highest BCUT2D eigenvalue weighted by molar-refractivity contribution is 9.10. The molecule has 0 saturated carbocycles. The fraction of sp³-hybridized carbons (Fsp3) is 0.267.